The van der Waals surface area contributed by atoms with Crippen LogP contribution >= 0.6 is 0 Å². The first-order valence-electron chi connectivity index (χ1n) is 8.79. The molecule has 0 saturated heterocycles. The van der Waals surface area contributed by atoms with E-state index in [1.54, 1.807) is 14.0 Å². The molecular formula is C17H30N4O4S. The summed E-state index contributed by atoms with van der Waals surface area (Å²) in [5.41, 5.74) is 0.816. The topological polar surface area (TPSA) is 101 Å². The maximum atomic E-state index is 11.4. The molecule has 9 heteroatoms. The van der Waals surface area contributed by atoms with Crippen LogP contribution in [-0.4, -0.2) is 53.5 Å². The zero-order valence-electron chi connectivity index (χ0n) is 16.0. The number of hydrogen-bond donors (Lipinski definition) is 3. The highest BCUT2D eigenvalue weighted by molar-refractivity contribution is 7.89. The van der Waals surface area contributed by atoms with Crippen molar-refractivity contribution in [2.45, 2.75) is 27.2 Å². The summed E-state index contributed by atoms with van der Waals surface area (Å²) in [5, 5.41) is 6.36. The second kappa shape index (κ2) is 11.6. The van der Waals surface area contributed by atoms with Crippen LogP contribution in [0.4, 0.5) is 5.69 Å². The van der Waals surface area contributed by atoms with E-state index in [4.69, 9.17) is 9.47 Å². The molecule has 3 N–H and O–H groups in total. The van der Waals surface area contributed by atoms with Crippen LogP contribution in [0.2, 0.25) is 0 Å². The summed E-state index contributed by atoms with van der Waals surface area (Å²) < 4.78 is 36.1. The highest BCUT2D eigenvalue weighted by Gasteiger charge is 2.07. The third-order valence-electron chi connectivity index (χ3n) is 3.38. The third-order valence-corrected chi connectivity index (χ3v) is 4.78. The first-order chi connectivity index (χ1) is 12.5. The van der Waals surface area contributed by atoms with Gasteiger partial charge in [-0.25, -0.2) is 13.1 Å². The van der Waals surface area contributed by atoms with E-state index in [0.29, 0.717) is 50.1 Å². The maximum absolute atomic E-state index is 11.4. The Morgan fingerprint density at radius 1 is 1.19 bits per heavy atom. The highest BCUT2D eigenvalue weighted by Crippen LogP contribution is 2.30. The molecular weight excluding hydrogens is 356 g/mol. The van der Waals surface area contributed by atoms with Crippen molar-refractivity contribution in [2.24, 2.45) is 4.99 Å². The van der Waals surface area contributed by atoms with Crippen molar-refractivity contribution in [1.29, 1.82) is 0 Å². The number of hydrogen-bond acceptors (Lipinski definition) is 5. The standard InChI is InChI=1S/C17H30N4O4S/c1-5-18-17(19-11-8-12-20-26(22,23)7-3)21-14-9-10-15(25-6-2)16(13-14)24-4/h9-10,13,20H,5-8,11-12H2,1-4H3,(H2,18,19,21). The molecule has 148 valence electrons. The van der Waals surface area contributed by atoms with Gasteiger partial charge in [-0.2, -0.15) is 0 Å². The number of sulfonamides is 1. The lowest BCUT2D eigenvalue weighted by Crippen LogP contribution is -2.31. The van der Waals surface area contributed by atoms with E-state index in [0.717, 1.165) is 5.69 Å². The molecule has 0 unspecified atom stereocenters. The van der Waals surface area contributed by atoms with E-state index in [-0.39, 0.29) is 5.75 Å². The van der Waals surface area contributed by atoms with Gasteiger partial charge in [0.15, 0.2) is 17.5 Å². The Morgan fingerprint density at radius 3 is 2.58 bits per heavy atom. The Bertz CT molecular complexity index is 677. The number of methoxy groups -OCH3 is 1. The third kappa shape index (κ3) is 7.92. The Balaban J connectivity index is 2.66. The van der Waals surface area contributed by atoms with E-state index in [9.17, 15) is 8.42 Å². The Morgan fingerprint density at radius 2 is 1.96 bits per heavy atom. The molecule has 0 spiro atoms. The van der Waals surface area contributed by atoms with E-state index in [2.05, 4.69) is 20.3 Å². The van der Waals surface area contributed by atoms with Crippen LogP contribution in [0, 0.1) is 0 Å². The van der Waals surface area contributed by atoms with Gasteiger partial charge in [0.05, 0.1) is 19.5 Å². The van der Waals surface area contributed by atoms with Gasteiger partial charge in [-0.1, -0.05) is 0 Å². The first kappa shape index (κ1) is 22.0. The van der Waals surface area contributed by atoms with Crippen LogP contribution < -0.4 is 24.8 Å². The Hall–Kier alpha value is -2.00. The molecule has 26 heavy (non-hydrogen) atoms. The molecule has 8 nitrogen and oxygen atoms in total. The SMILES string of the molecule is CCNC(=NCCCNS(=O)(=O)CC)Nc1ccc(OCC)c(OC)c1. The zero-order chi connectivity index (χ0) is 19.4. The van der Waals surface area contributed by atoms with Crippen molar-refractivity contribution < 1.29 is 17.9 Å². The van der Waals surface area contributed by atoms with Gasteiger partial charge in [-0.3, -0.25) is 4.99 Å². The molecule has 0 aliphatic carbocycles. The molecule has 0 aliphatic heterocycles. The summed E-state index contributed by atoms with van der Waals surface area (Å²) in [7, 11) is -1.56. The number of nitrogens with one attached hydrogen (secondary N) is 3. The van der Waals surface area contributed by atoms with E-state index in [1.165, 1.54) is 0 Å². The van der Waals surface area contributed by atoms with Crippen LogP contribution in [0.3, 0.4) is 0 Å². The quantitative estimate of drug-likeness (QED) is 0.305. The average molecular weight is 387 g/mol. The summed E-state index contributed by atoms with van der Waals surface area (Å²) in [5.74, 6) is 2.03. The molecule has 0 aromatic heterocycles. The number of nitrogens with zero attached hydrogens (tertiary/aromatic N) is 1. The number of aliphatic imine (C=N–C) groups is 1. The monoisotopic (exact) mass is 386 g/mol. The molecule has 0 fully saturated rings. The van der Waals surface area contributed by atoms with Gasteiger partial charge < -0.3 is 20.1 Å². The molecule has 0 amide bonds. The number of benzene rings is 1. The predicted octanol–water partition coefficient (Wildman–Crippen LogP) is 1.80. The minimum Gasteiger partial charge on any atom is -0.493 e. The van der Waals surface area contributed by atoms with Crippen LogP contribution in [-0.2, 0) is 10.0 Å². The second-order valence-electron chi connectivity index (χ2n) is 5.34. The molecule has 0 saturated carbocycles. The normalized spacial score (nSPS) is 11.9. The summed E-state index contributed by atoms with van der Waals surface area (Å²) in [6, 6.07) is 5.57. The summed E-state index contributed by atoms with van der Waals surface area (Å²) >= 11 is 0. The van der Waals surface area contributed by atoms with Crippen molar-refractivity contribution in [2.75, 3.05) is 44.4 Å². The van der Waals surface area contributed by atoms with Gasteiger partial charge in [0, 0.05) is 31.4 Å². The van der Waals surface area contributed by atoms with E-state index in [1.807, 2.05) is 32.0 Å². The largest absolute Gasteiger partial charge is 0.493 e. The predicted molar refractivity (Wildman–Crippen MR) is 106 cm³/mol. The lowest BCUT2D eigenvalue weighted by atomic mass is 10.2. The summed E-state index contributed by atoms with van der Waals surface area (Å²) in [4.78, 5) is 4.46. The van der Waals surface area contributed by atoms with Crippen LogP contribution in [0.5, 0.6) is 11.5 Å². The second-order valence-corrected chi connectivity index (χ2v) is 7.43. The number of rotatable bonds is 11. The molecule has 0 heterocycles. The Kier molecular flexibility index (Phi) is 9.82. The minimum atomic E-state index is -3.15. The van der Waals surface area contributed by atoms with Gasteiger partial charge in [-0.05, 0) is 39.3 Å². The molecule has 0 bridgehead atoms. The fraction of sp³-hybridized carbons (Fsp3) is 0.588. The average Bonchev–Trinajstić information content (AvgIpc) is 2.62. The molecule has 0 aliphatic rings. The van der Waals surface area contributed by atoms with Crippen LogP contribution in [0.25, 0.3) is 0 Å². The van der Waals surface area contributed by atoms with Crippen LogP contribution in [0.1, 0.15) is 27.2 Å². The minimum absolute atomic E-state index is 0.0834. The number of ether oxygens (including phenoxy) is 2. The lowest BCUT2D eigenvalue weighted by molar-refractivity contribution is 0.311. The lowest BCUT2D eigenvalue weighted by Gasteiger charge is -2.14. The molecule has 1 rings (SSSR count). The molecule has 1 aromatic carbocycles. The summed E-state index contributed by atoms with van der Waals surface area (Å²) in [6.07, 6.45) is 0.613. The summed E-state index contributed by atoms with van der Waals surface area (Å²) in [6.45, 7) is 7.65. The van der Waals surface area contributed by atoms with Crippen LogP contribution in [0.15, 0.2) is 23.2 Å². The van der Waals surface area contributed by atoms with Gasteiger partial charge in [-0.15, -0.1) is 0 Å². The smallest absolute Gasteiger partial charge is 0.211 e. The fourth-order valence-electron chi connectivity index (χ4n) is 2.06. The van der Waals surface area contributed by atoms with Gasteiger partial charge in [0.2, 0.25) is 10.0 Å². The van der Waals surface area contributed by atoms with E-state index < -0.39 is 10.0 Å². The van der Waals surface area contributed by atoms with Crippen molar-refractivity contribution in [3.8, 4) is 11.5 Å². The van der Waals surface area contributed by atoms with E-state index >= 15 is 0 Å². The first-order valence-corrected chi connectivity index (χ1v) is 10.4. The van der Waals surface area contributed by atoms with Gasteiger partial charge >= 0.3 is 0 Å². The van der Waals surface area contributed by atoms with Crippen molar-refractivity contribution in [1.82, 2.24) is 10.0 Å². The highest BCUT2D eigenvalue weighted by atomic mass is 32.2. The fourth-order valence-corrected chi connectivity index (χ4v) is 2.72. The number of anilines is 1. The Labute approximate surface area is 156 Å². The molecule has 0 atom stereocenters. The van der Waals surface area contributed by atoms with Crippen molar-refractivity contribution >= 4 is 21.7 Å². The van der Waals surface area contributed by atoms with Gasteiger partial charge in [0.1, 0.15) is 0 Å². The van der Waals surface area contributed by atoms with Crippen molar-refractivity contribution in [3.05, 3.63) is 18.2 Å². The van der Waals surface area contributed by atoms with Crippen molar-refractivity contribution in [3.63, 3.8) is 0 Å². The maximum Gasteiger partial charge on any atom is 0.211 e. The zero-order valence-corrected chi connectivity index (χ0v) is 16.8. The number of guanidine groups is 1. The van der Waals surface area contributed by atoms with Gasteiger partial charge in [0.25, 0.3) is 0 Å². The molecule has 1 aromatic rings. The molecule has 0 radical (unpaired) electrons.